The summed E-state index contributed by atoms with van der Waals surface area (Å²) in [5, 5.41) is 6.00. The van der Waals surface area contributed by atoms with E-state index in [1.807, 2.05) is 12.1 Å². The van der Waals surface area contributed by atoms with Crippen LogP contribution in [0, 0.1) is 5.41 Å². The Kier molecular flexibility index (Phi) is 7.03. The highest BCUT2D eigenvalue weighted by atomic mass is 16.2. The lowest BCUT2D eigenvalue weighted by Gasteiger charge is -2.32. The zero-order chi connectivity index (χ0) is 23.4. The van der Waals surface area contributed by atoms with E-state index in [0.717, 1.165) is 50.1 Å². The van der Waals surface area contributed by atoms with Crippen molar-refractivity contribution in [3.63, 3.8) is 0 Å². The molecule has 0 radical (unpaired) electrons. The van der Waals surface area contributed by atoms with E-state index in [9.17, 15) is 9.59 Å². The second-order valence-corrected chi connectivity index (χ2v) is 10.0. The van der Waals surface area contributed by atoms with E-state index in [1.165, 1.54) is 18.5 Å². The van der Waals surface area contributed by atoms with E-state index in [1.54, 1.807) is 24.3 Å². The molecule has 2 aromatic carbocycles. The van der Waals surface area contributed by atoms with Gasteiger partial charge in [0.25, 0.3) is 5.91 Å². The molecule has 4 rings (SSSR count). The molecule has 176 valence electrons. The van der Waals surface area contributed by atoms with E-state index in [-0.39, 0.29) is 17.2 Å². The maximum Gasteiger partial charge on any atom is 0.255 e. The first-order chi connectivity index (χ1) is 15.8. The van der Waals surface area contributed by atoms with E-state index >= 15 is 0 Å². The predicted molar refractivity (Wildman–Crippen MR) is 135 cm³/mol. The first-order valence-electron chi connectivity index (χ1n) is 12.1. The molecule has 0 spiro atoms. The molecular formula is C27H36N4O2. The van der Waals surface area contributed by atoms with Gasteiger partial charge in [-0.25, -0.2) is 0 Å². The summed E-state index contributed by atoms with van der Waals surface area (Å²) < 4.78 is 0. The van der Waals surface area contributed by atoms with Crippen LogP contribution in [0.4, 0.5) is 17.1 Å². The average molecular weight is 449 g/mol. The summed E-state index contributed by atoms with van der Waals surface area (Å²) in [6.07, 6.45) is 6.47. The second-order valence-electron chi connectivity index (χ2n) is 10.0. The van der Waals surface area contributed by atoms with Gasteiger partial charge in [-0.2, -0.15) is 0 Å². The van der Waals surface area contributed by atoms with Crippen LogP contribution < -0.4 is 15.5 Å². The SMILES string of the molecule is CN(C)C1CCN(c2ccc(NC(=O)c3ccc(NC(=O)C4(C)CCCCC4)cc3)cc2)C1. The molecule has 1 aliphatic carbocycles. The molecule has 6 heteroatoms. The second kappa shape index (κ2) is 9.96. The Labute approximate surface area is 197 Å². The third-order valence-corrected chi connectivity index (χ3v) is 7.29. The lowest BCUT2D eigenvalue weighted by atomic mass is 9.75. The maximum absolute atomic E-state index is 12.7. The van der Waals surface area contributed by atoms with Crippen LogP contribution in [0.5, 0.6) is 0 Å². The molecule has 0 aromatic heterocycles. The highest BCUT2D eigenvalue weighted by Crippen LogP contribution is 2.36. The highest BCUT2D eigenvalue weighted by molar-refractivity contribution is 6.04. The predicted octanol–water partition coefficient (Wildman–Crippen LogP) is 4.99. The normalized spacial score (nSPS) is 20.0. The molecule has 2 aromatic rings. The number of anilines is 3. The van der Waals surface area contributed by atoms with Gasteiger partial charge in [0.15, 0.2) is 0 Å². The molecule has 1 saturated heterocycles. The summed E-state index contributed by atoms with van der Waals surface area (Å²) in [5.41, 5.74) is 2.96. The molecule has 0 bridgehead atoms. The van der Waals surface area contributed by atoms with Gasteiger partial charge in [0.1, 0.15) is 0 Å². The van der Waals surface area contributed by atoms with Gasteiger partial charge >= 0.3 is 0 Å². The Morgan fingerprint density at radius 3 is 2.12 bits per heavy atom. The van der Waals surface area contributed by atoms with Crippen molar-refractivity contribution in [1.29, 1.82) is 0 Å². The number of nitrogens with one attached hydrogen (secondary N) is 2. The molecule has 6 nitrogen and oxygen atoms in total. The van der Waals surface area contributed by atoms with Crippen LogP contribution >= 0.6 is 0 Å². The number of benzene rings is 2. The Morgan fingerprint density at radius 1 is 0.909 bits per heavy atom. The number of likely N-dealkylation sites (N-methyl/N-ethyl adjacent to an activating group) is 1. The third-order valence-electron chi connectivity index (χ3n) is 7.29. The van der Waals surface area contributed by atoms with E-state index < -0.39 is 0 Å². The number of hydrogen-bond donors (Lipinski definition) is 2. The minimum Gasteiger partial charge on any atom is -0.370 e. The van der Waals surface area contributed by atoms with Gasteiger partial charge in [-0.05, 0) is 81.9 Å². The summed E-state index contributed by atoms with van der Waals surface area (Å²) in [6.45, 7) is 4.14. The minimum atomic E-state index is -0.289. The first kappa shape index (κ1) is 23.3. The van der Waals surface area contributed by atoms with E-state index in [2.05, 4.69) is 53.6 Å². The van der Waals surface area contributed by atoms with Crippen molar-refractivity contribution in [3.05, 3.63) is 54.1 Å². The maximum atomic E-state index is 12.7. The number of carbonyl (C=O) groups is 2. The van der Waals surface area contributed by atoms with Crippen LogP contribution in [0.15, 0.2) is 48.5 Å². The van der Waals surface area contributed by atoms with Gasteiger partial charge in [-0.15, -0.1) is 0 Å². The van der Waals surface area contributed by atoms with Crippen molar-refractivity contribution in [1.82, 2.24) is 4.90 Å². The molecular weight excluding hydrogens is 412 g/mol. The Bertz CT molecular complexity index is 963. The molecule has 1 unspecified atom stereocenters. The first-order valence-corrected chi connectivity index (χ1v) is 12.1. The van der Waals surface area contributed by atoms with Gasteiger partial charge in [0.05, 0.1) is 0 Å². The average Bonchev–Trinajstić information content (AvgIpc) is 3.31. The van der Waals surface area contributed by atoms with Crippen molar-refractivity contribution in [2.24, 2.45) is 5.41 Å². The minimum absolute atomic E-state index is 0.0781. The van der Waals surface area contributed by atoms with Crippen LogP contribution in [0.1, 0.15) is 55.8 Å². The van der Waals surface area contributed by atoms with Gasteiger partial charge in [-0.1, -0.05) is 26.2 Å². The molecule has 2 amide bonds. The van der Waals surface area contributed by atoms with Crippen LogP contribution in [0.3, 0.4) is 0 Å². The zero-order valence-electron chi connectivity index (χ0n) is 20.1. The van der Waals surface area contributed by atoms with Gasteiger partial charge in [0.2, 0.25) is 5.91 Å². The fraction of sp³-hybridized carbons (Fsp3) is 0.481. The molecule has 2 fully saturated rings. The summed E-state index contributed by atoms with van der Waals surface area (Å²) in [7, 11) is 4.26. The number of carbonyl (C=O) groups excluding carboxylic acids is 2. The van der Waals surface area contributed by atoms with Crippen LogP contribution in [-0.4, -0.2) is 49.9 Å². The third kappa shape index (κ3) is 5.56. The molecule has 33 heavy (non-hydrogen) atoms. The van der Waals surface area contributed by atoms with Crippen molar-refractivity contribution < 1.29 is 9.59 Å². The number of hydrogen-bond acceptors (Lipinski definition) is 4. The van der Waals surface area contributed by atoms with Gasteiger partial charge in [0, 0.05) is 47.2 Å². The molecule has 1 heterocycles. The van der Waals surface area contributed by atoms with Crippen molar-refractivity contribution in [2.75, 3.05) is 42.7 Å². The quantitative estimate of drug-likeness (QED) is 0.654. The number of amides is 2. The van der Waals surface area contributed by atoms with Gasteiger partial charge < -0.3 is 20.4 Å². The number of rotatable bonds is 6. The fourth-order valence-corrected chi connectivity index (χ4v) is 4.90. The largest absolute Gasteiger partial charge is 0.370 e. The Hall–Kier alpha value is -2.86. The van der Waals surface area contributed by atoms with E-state index in [0.29, 0.717) is 11.6 Å². The smallest absolute Gasteiger partial charge is 0.255 e. The standard InChI is InChI=1S/C27H36N4O2/c1-27(16-5-4-6-17-27)26(33)29-22-9-7-20(8-10-22)25(32)28-21-11-13-23(14-12-21)31-18-15-24(19-31)30(2)3/h7-14,24H,4-6,15-19H2,1-3H3,(H,28,32)(H,29,33). The van der Waals surface area contributed by atoms with Crippen molar-refractivity contribution in [2.45, 2.75) is 51.5 Å². The number of nitrogens with zero attached hydrogens (tertiary/aromatic N) is 2. The Balaban J connectivity index is 1.32. The van der Waals surface area contributed by atoms with Gasteiger partial charge in [-0.3, -0.25) is 9.59 Å². The lowest BCUT2D eigenvalue weighted by Crippen LogP contribution is -2.35. The molecule has 2 N–H and O–H groups in total. The summed E-state index contributed by atoms with van der Waals surface area (Å²) >= 11 is 0. The van der Waals surface area contributed by atoms with Crippen LogP contribution in [0.25, 0.3) is 0 Å². The van der Waals surface area contributed by atoms with Crippen molar-refractivity contribution >= 4 is 28.9 Å². The monoisotopic (exact) mass is 448 g/mol. The topological polar surface area (TPSA) is 64.7 Å². The summed E-state index contributed by atoms with van der Waals surface area (Å²) in [4.78, 5) is 30.1. The molecule has 1 aliphatic heterocycles. The Morgan fingerprint density at radius 2 is 1.52 bits per heavy atom. The molecule has 1 atom stereocenters. The highest BCUT2D eigenvalue weighted by Gasteiger charge is 2.34. The van der Waals surface area contributed by atoms with Crippen LogP contribution in [0.2, 0.25) is 0 Å². The van der Waals surface area contributed by atoms with Crippen LogP contribution in [-0.2, 0) is 4.79 Å². The zero-order valence-corrected chi connectivity index (χ0v) is 20.1. The van der Waals surface area contributed by atoms with Crippen molar-refractivity contribution in [3.8, 4) is 0 Å². The fourth-order valence-electron chi connectivity index (χ4n) is 4.90. The molecule has 1 saturated carbocycles. The summed E-state index contributed by atoms with van der Waals surface area (Å²) in [6, 6.07) is 15.7. The lowest BCUT2D eigenvalue weighted by molar-refractivity contribution is -0.126. The van der Waals surface area contributed by atoms with E-state index in [4.69, 9.17) is 0 Å². The summed E-state index contributed by atoms with van der Waals surface area (Å²) in [5.74, 6) is -0.0805. The molecule has 2 aliphatic rings.